The van der Waals surface area contributed by atoms with E-state index in [1.54, 1.807) is 43.9 Å². The van der Waals surface area contributed by atoms with Crippen LogP contribution in [0.15, 0.2) is 61.2 Å². The van der Waals surface area contributed by atoms with Crippen LogP contribution in [0.25, 0.3) is 0 Å². The molecule has 0 spiro atoms. The maximum atomic E-state index is 14.3. The molecule has 2 aromatic carbocycles. The van der Waals surface area contributed by atoms with E-state index in [0.29, 0.717) is 36.5 Å². The Morgan fingerprint density at radius 2 is 1.60 bits per heavy atom. The number of hydrogen-bond acceptors (Lipinski definition) is 7. The largest absolute Gasteiger partial charge is 0.497 e. The van der Waals surface area contributed by atoms with Crippen molar-refractivity contribution in [3.05, 3.63) is 83.9 Å². The lowest BCUT2D eigenvalue weighted by Crippen LogP contribution is -2.42. The molecule has 216 valence electrons. The molecule has 0 bridgehead atoms. The summed E-state index contributed by atoms with van der Waals surface area (Å²) in [5.41, 5.74) is -1.60. The molecule has 0 unspecified atom stereocenters. The van der Waals surface area contributed by atoms with Gasteiger partial charge in [0.15, 0.2) is 5.60 Å². The zero-order valence-electron chi connectivity index (χ0n) is 21.7. The maximum absolute atomic E-state index is 14.3. The van der Waals surface area contributed by atoms with Crippen molar-refractivity contribution in [2.75, 3.05) is 13.7 Å². The highest BCUT2D eigenvalue weighted by atomic mass is 19.1. The fourth-order valence-corrected chi connectivity index (χ4v) is 3.73. The van der Waals surface area contributed by atoms with Gasteiger partial charge in [0.05, 0.1) is 26.3 Å². The van der Waals surface area contributed by atoms with Crippen LogP contribution in [0.1, 0.15) is 30.4 Å². The zero-order chi connectivity index (χ0) is 29.7. The number of aliphatic carboxylic acids is 3. The first-order valence-electron chi connectivity index (χ1n) is 12.1. The molecule has 13 heteroatoms. The number of ether oxygens (including phenoxy) is 1. The lowest BCUT2D eigenvalue weighted by Gasteiger charge is -2.23. The molecule has 0 radical (unpaired) electrons. The fourth-order valence-electron chi connectivity index (χ4n) is 3.73. The molecule has 0 saturated heterocycles. The first-order chi connectivity index (χ1) is 18.9. The van der Waals surface area contributed by atoms with E-state index in [-0.39, 0.29) is 11.6 Å². The Labute approximate surface area is 228 Å². The van der Waals surface area contributed by atoms with E-state index in [4.69, 9.17) is 25.2 Å². The average Bonchev–Trinajstić information content (AvgIpc) is 3.39. The number of carboxylic acids is 3. The van der Waals surface area contributed by atoms with Crippen molar-refractivity contribution in [1.29, 1.82) is 0 Å². The van der Waals surface area contributed by atoms with Crippen LogP contribution in [0.3, 0.4) is 0 Å². The highest BCUT2D eigenvalue weighted by molar-refractivity contribution is 5.88. The van der Waals surface area contributed by atoms with Gasteiger partial charge in [-0.2, -0.15) is 0 Å². The minimum atomic E-state index is -2.74. The summed E-state index contributed by atoms with van der Waals surface area (Å²) in [4.78, 5) is 36.6. The predicted octanol–water partition coefficient (Wildman–Crippen LogP) is 3.01. The van der Waals surface area contributed by atoms with Crippen LogP contribution in [0.5, 0.6) is 5.75 Å². The van der Waals surface area contributed by atoms with Crippen LogP contribution >= 0.6 is 0 Å². The number of carboxylic acid groups (broad SMARTS) is 3. The van der Waals surface area contributed by atoms with Gasteiger partial charge in [-0.1, -0.05) is 18.2 Å². The van der Waals surface area contributed by atoms with Gasteiger partial charge < -0.3 is 29.7 Å². The minimum Gasteiger partial charge on any atom is -0.497 e. The van der Waals surface area contributed by atoms with Crippen LogP contribution < -0.4 is 4.74 Å². The third-order valence-corrected chi connectivity index (χ3v) is 5.73. The van der Waals surface area contributed by atoms with Gasteiger partial charge in [-0.25, -0.2) is 18.6 Å². The highest BCUT2D eigenvalue weighted by Crippen LogP contribution is 2.20. The van der Waals surface area contributed by atoms with Gasteiger partial charge in [0.25, 0.3) is 0 Å². The molecule has 0 saturated carbocycles. The minimum absolute atomic E-state index is 0.247. The van der Waals surface area contributed by atoms with Gasteiger partial charge in [-0.3, -0.25) is 14.5 Å². The molecule has 3 aromatic rings. The third kappa shape index (κ3) is 10.4. The van der Waals surface area contributed by atoms with Crippen molar-refractivity contribution in [3.8, 4) is 5.75 Å². The number of aromatic nitrogens is 2. The average molecular weight is 564 g/mol. The summed E-state index contributed by atoms with van der Waals surface area (Å²) in [6.45, 7) is 2.28. The van der Waals surface area contributed by atoms with Crippen LogP contribution in [0.2, 0.25) is 0 Å². The van der Waals surface area contributed by atoms with E-state index in [1.165, 1.54) is 12.1 Å². The van der Waals surface area contributed by atoms with Crippen molar-refractivity contribution in [2.24, 2.45) is 0 Å². The molecule has 4 N–H and O–H groups in total. The Balaban J connectivity index is 0.000000366. The Morgan fingerprint density at radius 3 is 2.15 bits per heavy atom. The third-order valence-electron chi connectivity index (χ3n) is 5.73. The van der Waals surface area contributed by atoms with Crippen LogP contribution in [-0.4, -0.2) is 72.0 Å². The second-order valence-electron chi connectivity index (χ2n) is 8.89. The van der Waals surface area contributed by atoms with E-state index in [2.05, 4.69) is 4.98 Å². The maximum Gasteiger partial charge on any atom is 0.336 e. The predicted molar refractivity (Wildman–Crippen MR) is 137 cm³/mol. The summed E-state index contributed by atoms with van der Waals surface area (Å²) in [7, 11) is 1.55. The lowest BCUT2D eigenvalue weighted by atomic mass is 9.96. The summed E-state index contributed by atoms with van der Waals surface area (Å²) in [6, 6.07) is 11.4. The molecule has 0 fully saturated rings. The molecule has 0 atom stereocenters. The molecule has 0 aliphatic heterocycles. The Kier molecular flexibility index (Phi) is 12.2. The van der Waals surface area contributed by atoms with Gasteiger partial charge in [-0.15, -0.1) is 0 Å². The van der Waals surface area contributed by atoms with Crippen LogP contribution in [-0.2, 0) is 34.0 Å². The zero-order valence-corrected chi connectivity index (χ0v) is 21.7. The molecule has 11 nitrogen and oxygen atoms in total. The Hall–Kier alpha value is -4.36. The van der Waals surface area contributed by atoms with Crippen molar-refractivity contribution >= 4 is 17.9 Å². The Morgan fingerprint density at radius 1 is 0.975 bits per heavy atom. The second kappa shape index (κ2) is 15.3. The number of hydrogen-bond donors (Lipinski definition) is 4. The summed E-state index contributed by atoms with van der Waals surface area (Å²) in [5.74, 6) is -4.95. The summed E-state index contributed by atoms with van der Waals surface area (Å²) >= 11 is 0. The van der Waals surface area contributed by atoms with E-state index in [0.717, 1.165) is 13.0 Å². The quantitative estimate of drug-likeness (QED) is 0.229. The molecule has 40 heavy (non-hydrogen) atoms. The fraction of sp³-hybridized carbons (Fsp3) is 0.333. The number of aryl methyl sites for hydroxylation is 1. The van der Waals surface area contributed by atoms with Crippen molar-refractivity contribution in [2.45, 2.75) is 44.5 Å². The van der Waals surface area contributed by atoms with E-state index in [1.807, 2.05) is 21.7 Å². The monoisotopic (exact) mass is 563 g/mol. The first kappa shape index (κ1) is 31.9. The number of benzene rings is 2. The Bertz CT molecular complexity index is 1250. The first-order valence-corrected chi connectivity index (χ1v) is 12.1. The normalized spacial score (nSPS) is 11.0. The molecular weight excluding hydrogens is 532 g/mol. The number of aliphatic hydroxyl groups is 1. The van der Waals surface area contributed by atoms with Gasteiger partial charge in [0.1, 0.15) is 17.4 Å². The number of rotatable bonds is 14. The van der Waals surface area contributed by atoms with Crippen molar-refractivity contribution < 1.29 is 48.3 Å². The number of nitrogens with zero attached hydrogens (tertiary/aromatic N) is 3. The van der Waals surface area contributed by atoms with E-state index in [9.17, 15) is 23.2 Å². The molecule has 1 aromatic heterocycles. The smallest absolute Gasteiger partial charge is 0.336 e. The molecule has 0 aliphatic rings. The van der Waals surface area contributed by atoms with Gasteiger partial charge >= 0.3 is 17.9 Å². The van der Waals surface area contributed by atoms with E-state index >= 15 is 0 Å². The molecular formula is C27H31F2N3O8. The standard InChI is InChI=1S/C21H23F2N3O.C6H8O7/c1-27-19-7-8-21(23)18(13-19)15-26(11-4-10-25-12-9-24-16-25)14-17-5-2-3-6-20(17)22;7-3(8)1-6(13,5(11)12)2-4(9)10/h2-3,5-9,12-13,16H,4,10-11,14-15H2,1H3;13H,1-2H2,(H,7,8)(H,9,10)(H,11,12). The SMILES string of the molecule is COc1ccc(F)c(CN(CCCn2ccnc2)Cc2ccccc2F)c1.O=C(O)CC(O)(CC(=O)O)C(=O)O. The second-order valence-corrected chi connectivity index (χ2v) is 8.89. The number of halogens is 2. The summed E-state index contributed by atoms with van der Waals surface area (Å²) in [5, 5.41) is 33.8. The van der Waals surface area contributed by atoms with Crippen molar-refractivity contribution in [3.63, 3.8) is 0 Å². The summed E-state index contributed by atoms with van der Waals surface area (Å²) in [6.07, 6.45) is 3.97. The summed E-state index contributed by atoms with van der Waals surface area (Å²) < 4.78 is 35.6. The van der Waals surface area contributed by atoms with Gasteiger partial charge in [-0.05, 0) is 30.7 Å². The molecule has 1 heterocycles. The molecule has 3 rings (SSSR count). The lowest BCUT2D eigenvalue weighted by molar-refractivity contribution is -0.170. The van der Waals surface area contributed by atoms with Gasteiger partial charge in [0.2, 0.25) is 0 Å². The van der Waals surface area contributed by atoms with Crippen LogP contribution in [0, 0.1) is 11.6 Å². The number of imidazole rings is 1. The number of carbonyl (C=O) groups is 3. The van der Waals surface area contributed by atoms with Crippen LogP contribution in [0.4, 0.5) is 8.78 Å². The van der Waals surface area contributed by atoms with E-state index < -0.39 is 36.4 Å². The van der Waals surface area contributed by atoms with Crippen molar-refractivity contribution in [1.82, 2.24) is 14.5 Å². The molecule has 0 amide bonds. The topological polar surface area (TPSA) is 162 Å². The van der Waals surface area contributed by atoms with Gasteiger partial charge in [0, 0.05) is 49.7 Å². The number of methoxy groups -OCH3 is 1. The highest BCUT2D eigenvalue weighted by Gasteiger charge is 2.40. The molecule has 0 aliphatic carbocycles.